The van der Waals surface area contributed by atoms with Gasteiger partial charge in [-0.15, -0.1) is 35.3 Å². The van der Waals surface area contributed by atoms with Gasteiger partial charge in [0.15, 0.2) is 5.96 Å². The van der Waals surface area contributed by atoms with Gasteiger partial charge in [0, 0.05) is 18.1 Å². The third-order valence-corrected chi connectivity index (χ3v) is 3.94. The van der Waals surface area contributed by atoms with E-state index in [-0.39, 0.29) is 24.0 Å². The van der Waals surface area contributed by atoms with Gasteiger partial charge in [0.1, 0.15) is 23.1 Å². The van der Waals surface area contributed by atoms with Gasteiger partial charge < -0.3 is 20.1 Å². The first kappa shape index (κ1) is 20.5. The van der Waals surface area contributed by atoms with Crippen LogP contribution in [-0.2, 0) is 6.54 Å². The Morgan fingerprint density at radius 3 is 2.50 bits per heavy atom. The van der Waals surface area contributed by atoms with Crippen LogP contribution in [-0.4, -0.2) is 38.3 Å². The van der Waals surface area contributed by atoms with E-state index < -0.39 is 0 Å². The number of methoxy groups -OCH3 is 1. The maximum atomic E-state index is 5.66. The largest absolute Gasteiger partial charge is 0.497 e. The molecule has 132 valence electrons. The van der Waals surface area contributed by atoms with Crippen LogP contribution in [0.4, 0.5) is 0 Å². The number of guanidine groups is 1. The van der Waals surface area contributed by atoms with E-state index in [2.05, 4.69) is 20.6 Å². The minimum Gasteiger partial charge on any atom is -0.497 e. The zero-order chi connectivity index (χ0) is 16.5. The van der Waals surface area contributed by atoms with Gasteiger partial charge in [-0.3, -0.25) is 4.99 Å². The summed E-state index contributed by atoms with van der Waals surface area (Å²) in [4.78, 5) is 9.69. The summed E-state index contributed by atoms with van der Waals surface area (Å²) in [5.74, 6) is 2.36. The van der Waals surface area contributed by atoms with E-state index in [1.165, 1.54) is 4.88 Å². The Morgan fingerprint density at radius 1 is 1.21 bits per heavy atom. The molecule has 0 aliphatic carbocycles. The highest BCUT2D eigenvalue weighted by atomic mass is 127. The monoisotopic (exact) mass is 462 g/mol. The van der Waals surface area contributed by atoms with Crippen LogP contribution in [0.25, 0.3) is 0 Å². The van der Waals surface area contributed by atoms with Crippen molar-refractivity contribution in [2.75, 3.05) is 27.3 Å². The van der Waals surface area contributed by atoms with E-state index in [0.29, 0.717) is 19.7 Å². The van der Waals surface area contributed by atoms with E-state index in [1.54, 1.807) is 25.5 Å². The van der Waals surface area contributed by atoms with Gasteiger partial charge in [0.05, 0.1) is 20.2 Å². The third kappa shape index (κ3) is 6.91. The molecule has 0 spiro atoms. The molecule has 0 aliphatic rings. The number of aliphatic imine (C=N–C) groups is 1. The lowest BCUT2D eigenvalue weighted by Crippen LogP contribution is -2.38. The van der Waals surface area contributed by atoms with Gasteiger partial charge in [0.2, 0.25) is 0 Å². The number of benzene rings is 1. The lowest BCUT2D eigenvalue weighted by atomic mass is 10.3. The number of hydrogen-bond acceptors (Lipinski definition) is 5. The van der Waals surface area contributed by atoms with Gasteiger partial charge in [0.25, 0.3) is 0 Å². The number of ether oxygens (including phenoxy) is 2. The average Bonchev–Trinajstić information content (AvgIpc) is 3.00. The summed E-state index contributed by atoms with van der Waals surface area (Å²) in [5.41, 5.74) is 0. The molecule has 2 N–H and O–H groups in total. The summed E-state index contributed by atoms with van der Waals surface area (Å²) in [6.45, 7) is 3.91. The van der Waals surface area contributed by atoms with Crippen molar-refractivity contribution in [2.24, 2.45) is 4.99 Å². The van der Waals surface area contributed by atoms with E-state index in [9.17, 15) is 0 Å². The number of aromatic nitrogens is 1. The van der Waals surface area contributed by atoms with E-state index in [1.807, 2.05) is 37.4 Å². The summed E-state index contributed by atoms with van der Waals surface area (Å²) < 4.78 is 10.8. The quantitative estimate of drug-likeness (QED) is 0.287. The molecule has 0 aliphatic heterocycles. The molecule has 1 aromatic heterocycles. The molecule has 24 heavy (non-hydrogen) atoms. The van der Waals surface area contributed by atoms with Crippen LogP contribution in [0.2, 0.25) is 0 Å². The van der Waals surface area contributed by atoms with Crippen molar-refractivity contribution < 1.29 is 9.47 Å². The van der Waals surface area contributed by atoms with Gasteiger partial charge in [-0.25, -0.2) is 4.98 Å². The van der Waals surface area contributed by atoms with Gasteiger partial charge in [-0.1, -0.05) is 0 Å². The Balaban J connectivity index is 0.00000288. The molecule has 0 radical (unpaired) electrons. The molecule has 0 amide bonds. The van der Waals surface area contributed by atoms with Crippen molar-refractivity contribution in [2.45, 2.75) is 13.5 Å². The van der Waals surface area contributed by atoms with Crippen molar-refractivity contribution in [1.82, 2.24) is 15.6 Å². The Kier molecular flexibility index (Phi) is 9.46. The second-order valence-corrected chi connectivity index (χ2v) is 6.06. The van der Waals surface area contributed by atoms with Crippen molar-refractivity contribution in [1.29, 1.82) is 0 Å². The molecule has 0 atom stereocenters. The Bertz CT molecular complexity index is 631. The Morgan fingerprint density at radius 2 is 1.92 bits per heavy atom. The summed E-state index contributed by atoms with van der Waals surface area (Å²) in [6.07, 6.45) is 1.88. The van der Waals surface area contributed by atoms with Crippen LogP contribution >= 0.6 is 35.3 Å². The first-order valence-corrected chi connectivity index (χ1v) is 8.15. The maximum Gasteiger partial charge on any atom is 0.191 e. The summed E-state index contributed by atoms with van der Waals surface area (Å²) in [7, 11) is 3.39. The smallest absolute Gasteiger partial charge is 0.191 e. The summed E-state index contributed by atoms with van der Waals surface area (Å²) in [6, 6.07) is 7.52. The van der Waals surface area contributed by atoms with Gasteiger partial charge >= 0.3 is 0 Å². The summed E-state index contributed by atoms with van der Waals surface area (Å²) in [5, 5.41) is 7.47. The zero-order valence-corrected chi connectivity index (χ0v) is 17.2. The Hall–Kier alpha value is -1.55. The Labute approximate surface area is 163 Å². The van der Waals surface area contributed by atoms with Crippen LogP contribution in [0.3, 0.4) is 0 Å². The highest BCUT2D eigenvalue weighted by Gasteiger charge is 2.01. The molecule has 2 rings (SSSR count). The molecular formula is C16H23IN4O2S. The fourth-order valence-corrected chi connectivity index (χ4v) is 2.60. The third-order valence-electron chi connectivity index (χ3n) is 3.02. The molecule has 0 bridgehead atoms. The number of nitrogens with zero attached hydrogens (tertiary/aromatic N) is 2. The fourth-order valence-electron chi connectivity index (χ4n) is 1.87. The van der Waals surface area contributed by atoms with Crippen LogP contribution < -0.4 is 20.1 Å². The minimum absolute atomic E-state index is 0. The molecule has 2 aromatic rings. The van der Waals surface area contributed by atoms with Crippen molar-refractivity contribution in [3.05, 3.63) is 40.3 Å². The second-order valence-electron chi connectivity index (χ2n) is 4.74. The minimum atomic E-state index is 0. The van der Waals surface area contributed by atoms with Crippen LogP contribution in [0, 0.1) is 6.92 Å². The number of aryl methyl sites for hydroxylation is 1. The van der Waals surface area contributed by atoms with Crippen LogP contribution in [0.15, 0.2) is 35.5 Å². The highest BCUT2D eigenvalue weighted by Crippen LogP contribution is 2.16. The standard InChI is InChI=1S/C16H22N4O2S.HI/c1-12-10-19-15(23-12)11-20-16(17-2)18-8-9-22-14-6-4-13(21-3)5-7-14;/h4-7,10H,8-9,11H2,1-3H3,(H2,17,18,20);1H. The fraction of sp³-hybridized carbons (Fsp3) is 0.375. The lowest BCUT2D eigenvalue weighted by Gasteiger charge is -2.12. The molecular weight excluding hydrogens is 439 g/mol. The molecule has 0 saturated heterocycles. The zero-order valence-electron chi connectivity index (χ0n) is 14.0. The molecule has 0 fully saturated rings. The first-order chi connectivity index (χ1) is 11.2. The van der Waals surface area contributed by atoms with Gasteiger partial charge in [-0.05, 0) is 31.2 Å². The molecule has 1 heterocycles. The van der Waals surface area contributed by atoms with Crippen molar-refractivity contribution in [3.8, 4) is 11.5 Å². The molecule has 1 aromatic carbocycles. The first-order valence-electron chi connectivity index (χ1n) is 7.34. The number of hydrogen-bond donors (Lipinski definition) is 2. The predicted octanol–water partition coefficient (Wildman–Crippen LogP) is 2.82. The molecule has 0 unspecified atom stereocenters. The summed E-state index contributed by atoms with van der Waals surface area (Å²) >= 11 is 1.68. The maximum absolute atomic E-state index is 5.66. The van der Waals surface area contributed by atoms with Gasteiger partial charge in [-0.2, -0.15) is 0 Å². The molecule has 8 heteroatoms. The lowest BCUT2D eigenvalue weighted by molar-refractivity contribution is 0.321. The topological polar surface area (TPSA) is 67.8 Å². The van der Waals surface area contributed by atoms with Crippen LogP contribution in [0.5, 0.6) is 11.5 Å². The number of nitrogens with one attached hydrogen (secondary N) is 2. The molecule has 0 saturated carbocycles. The van der Waals surface area contributed by atoms with Crippen molar-refractivity contribution >= 4 is 41.3 Å². The SMILES string of the molecule is CN=C(NCCOc1ccc(OC)cc1)NCc1ncc(C)s1.I. The van der Waals surface area contributed by atoms with Crippen LogP contribution in [0.1, 0.15) is 9.88 Å². The normalized spacial score (nSPS) is 10.7. The van der Waals surface area contributed by atoms with E-state index >= 15 is 0 Å². The van der Waals surface area contributed by atoms with E-state index in [0.717, 1.165) is 22.5 Å². The van der Waals surface area contributed by atoms with Crippen molar-refractivity contribution in [3.63, 3.8) is 0 Å². The van der Waals surface area contributed by atoms with E-state index in [4.69, 9.17) is 9.47 Å². The number of thiazole rings is 1. The number of rotatable bonds is 7. The predicted molar refractivity (Wildman–Crippen MR) is 109 cm³/mol. The number of halogens is 1. The molecule has 6 nitrogen and oxygen atoms in total. The highest BCUT2D eigenvalue weighted by molar-refractivity contribution is 14.0. The average molecular weight is 462 g/mol. The second kappa shape index (κ2) is 11.1.